The molecule has 0 aliphatic heterocycles. The molecule has 2 rings (SSSR count). The molecule has 0 saturated heterocycles. The molecule has 0 N–H and O–H groups in total. The molecule has 21 heavy (non-hydrogen) atoms. The van der Waals surface area contributed by atoms with Crippen molar-refractivity contribution in [3.05, 3.63) is 59.2 Å². The molecule has 3 heteroatoms. The van der Waals surface area contributed by atoms with Crippen molar-refractivity contribution < 1.29 is 9.53 Å². The van der Waals surface area contributed by atoms with Gasteiger partial charge < -0.3 is 9.64 Å². The maximum Gasteiger partial charge on any atom is 0.182 e. The number of carbonyl (C=O) groups excluding carboxylic acids is 1. The first-order valence-corrected chi connectivity index (χ1v) is 6.97. The minimum absolute atomic E-state index is 0.103. The van der Waals surface area contributed by atoms with E-state index in [1.807, 2.05) is 68.3 Å². The Morgan fingerprint density at radius 1 is 1.10 bits per heavy atom. The number of nitrogens with zero attached hydrogens (tertiary/aromatic N) is 1. The third kappa shape index (κ3) is 3.43. The summed E-state index contributed by atoms with van der Waals surface area (Å²) in [5.41, 5.74) is 4.00. The fraction of sp³-hybridized carbons (Fsp3) is 0.278. The molecule has 3 nitrogen and oxygen atoms in total. The molecule has 0 heterocycles. The van der Waals surface area contributed by atoms with E-state index in [1.165, 1.54) is 5.56 Å². The summed E-state index contributed by atoms with van der Waals surface area (Å²) in [5, 5.41) is 0. The van der Waals surface area contributed by atoms with Crippen molar-refractivity contribution in [3.8, 4) is 5.75 Å². The Balaban J connectivity index is 2.16. The highest BCUT2D eigenvalue weighted by Crippen LogP contribution is 2.26. The lowest BCUT2D eigenvalue weighted by atomic mass is 10.0. The molecule has 110 valence electrons. The number of carbonyl (C=O) groups is 1. The van der Waals surface area contributed by atoms with Crippen LogP contribution in [0.15, 0.2) is 42.5 Å². The lowest BCUT2D eigenvalue weighted by molar-refractivity contribution is 0.1000. The van der Waals surface area contributed by atoms with Crippen molar-refractivity contribution in [1.82, 2.24) is 0 Å². The number of aryl methyl sites for hydroxylation is 2. The fourth-order valence-corrected chi connectivity index (χ4v) is 2.25. The third-order valence-electron chi connectivity index (χ3n) is 3.71. The van der Waals surface area contributed by atoms with Crippen LogP contribution in [0.1, 0.15) is 21.5 Å². The number of methoxy groups -OCH3 is 1. The van der Waals surface area contributed by atoms with Gasteiger partial charge in [-0.3, -0.25) is 4.79 Å². The third-order valence-corrected chi connectivity index (χ3v) is 3.71. The van der Waals surface area contributed by atoms with E-state index in [2.05, 4.69) is 0 Å². The molecule has 2 aromatic rings. The Bertz CT molecular complexity index is 649. The number of para-hydroxylation sites is 2. The van der Waals surface area contributed by atoms with Crippen LogP contribution in [0.5, 0.6) is 5.75 Å². The molecule has 0 aromatic heterocycles. The first kappa shape index (κ1) is 15.1. The maximum atomic E-state index is 12.4. The molecule has 0 aliphatic carbocycles. The Kier molecular flexibility index (Phi) is 4.63. The molecular formula is C18H21NO2. The highest BCUT2D eigenvalue weighted by Gasteiger charge is 2.13. The van der Waals surface area contributed by atoms with Crippen molar-refractivity contribution in [2.45, 2.75) is 13.8 Å². The van der Waals surface area contributed by atoms with Gasteiger partial charge in [0.25, 0.3) is 0 Å². The lowest BCUT2D eigenvalue weighted by Crippen LogP contribution is -2.26. The molecule has 0 spiro atoms. The van der Waals surface area contributed by atoms with Crippen LogP contribution in [0.25, 0.3) is 0 Å². The number of anilines is 1. The van der Waals surface area contributed by atoms with Crippen LogP contribution in [-0.2, 0) is 0 Å². The van der Waals surface area contributed by atoms with E-state index in [4.69, 9.17) is 4.74 Å². The molecule has 0 bridgehead atoms. The first-order valence-electron chi connectivity index (χ1n) is 6.97. The van der Waals surface area contributed by atoms with Crippen LogP contribution in [0.4, 0.5) is 5.69 Å². The van der Waals surface area contributed by atoms with Gasteiger partial charge in [0.1, 0.15) is 5.75 Å². The zero-order chi connectivity index (χ0) is 15.4. The Morgan fingerprint density at radius 3 is 2.48 bits per heavy atom. The predicted octanol–water partition coefficient (Wildman–Crippen LogP) is 3.63. The molecule has 0 fully saturated rings. The smallest absolute Gasteiger partial charge is 0.182 e. The first-order chi connectivity index (χ1) is 10.0. The predicted molar refractivity (Wildman–Crippen MR) is 86.5 cm³/mol. The van der Waals surface area contributed by atoms with E-state index >= 15 is 0 Å². The van der Waals surface area contributed by atoms with Gasteiger partial charge >= 0.3 is 0 Å². The molecule has 0 unspecified atom stereocenters. The second-order valence-corrected chi connectivity index (χ2v) is 5.25. The Hall–Kier alpha value is -2.29. The maximum absolute atomic E-state index is 12.4. The molecule has 0 atom stereocenters. The van der Waals surface area contributed by atoms with Gasteiger partial charge in [-0.05, 0) is 43.2 Å². The molecular weight excluding hydrogens is 262 g/mol. The highest BCUT2D eigenvalue weighted by atomic mass is 16.5. The van der Waals surface area contributed by atoms with Crippen LogP contribution >= 0.6 is 0 Å². The van der Waals surface area contributed by atoms with Crippen LogP contribution < -0.4 is 9.64 Å². The average Bonchev–Trinajstić information content (AvgIpc) is 2.49. The van der Waals surface area contributed by atoms with Crippen LogP contribution in [0.3, 0.4) is 0 Å². The number of ketones is 1. The topological polar surface area (TPSA) is 29.5 Å². The monoisotopic (exact) mass is 283 g/mol. The number of hydrogen-bond acceptors (Lipinski definition) is 3. The second kappa shape index (κ2) is 6.44. The summed E-state index contributed by atoms with van der Waals surface area (Å²) < 4.78 is 5.34. The van der Waals surface area contributed by atoms with Gasteiger partial charge in [0.15, 0.2) is 5.78 Å². The van der Waals surface area contributed by atoms with Crippen LogP contribution in [0.2, 0.25) is 0 Å². The summed E-state index contributed by atoms with van der Waals surface area (Å²) >= 11 is 0. The highest BCUT2D eigenvalue weighted by molar-refractivity contribution is 5.99. The molecule has 0 radical (unpaired) electrons. The zero-order valence-corrected chi connectivity index (χ0v) is 13.0. The average molecular weight is 283 g/mol. The van der Waals surface area contributed by atoms with Crippen molar-refractivity contribution in [2.75, 3.05) is 25.6 Å². The second-order valence-electron chi connectivity index (χ2n) is 5.25. The fourth-order valence-electron chi connectivity index (χ4n) is 2.25. The molecule has 0 aliphatic rings. The summed E-state index contributed by atoms with van der Waals surface area (Å²) in [6.07, 6.45) is 0. The van der Waals surface area contributed by atoms with Gasteiger partial charge in [-0.2, -0.15) is 0 Å². The van der Waals surface area contributed by atoms with Gasteiger partial charge in [-0.25, -0.2) is 0 Å². The van der Waals surface area contributed by atoms with Crippen molar-refractivity contribution in [3.63, 3.8) is 0 Å². The summed E-state index contributed by atoms with van der Waals surface area (Å²) in [6.45, 7) is 4.39. The van der Waals surface area contributed by atoms with Crippen LogP contribution in [0, 0.1) is 13.8 Å². The number of rotatable bonds is 5. The van der Waals surface area contributed by atoms with E-state index in [-0.39, 0.29) is 5.78 Å². The Morgan fingerprint density at radius 2 is 1.81 bits per heavy atom. The summed E-state index contributed by atoms with van der Waals surface area (Å²) in [6, 6.07) is 13.5. The van der Waals surface area contributed by atoms with Crippen molar-refractivity contribution in [2.24, 2.45) is 0 Å². The summed E-state index contributed by atoms with van der Waals surface area (Å²) in [4.78, 5) is 14.3. The van der Waals surface area contributed by atoms with E-state index in [1.54, 1.807) is 7.11 Å². The number of hydrogen-bond donors (Lipinski definition) is 0. The number of Topliss-reactive ketones (excluding diaryl/α,β-unsaturated/α-hetero) is 1. The molecule has 0 saturated carbocycles. The van der Waals surface area contributed by atoms with Gasteiger partial charge in [-0.15, -0.1) is 0 Å². The zero-order valence-electron chi connectivity index (χ0n) is 13.0. The summed E-state index contributed by atoms with van der Waals surface area (Å²) in [5.74, 6) is 0.874. The quantitative estimate of drug-likeness (QED) is 0.785. The largest absolute Gasteiger partial charge is 0.495 e. The van der Waals surface area contributed by atoms with Gasteiger partial charge in [0.2, 0.25) is 0 Å². The van der Waals surface area contributed by atoms with Gasteiger partial charge in [-0.1, -0.05) is 24.3 Å². The van der Waals surface area contributed by atoms with Gasteiger partial charge in [0, 0.05) is 12.6 Å². The number of benzene rings is 2. The van der Waals surface area contributed by atoms with Crippen molar-refractivity contribution in [1.29, 1.82) is 0 Å². The SMILES string of the molecule is COc1ccccc1N(C)CC(=O)c1ccc(C)c(C)c1. The standard InChI is InChI=1S/C18H21NO2/c1-13-9-10-15(11-14(13)2)17(20)12-19(3)16-7-5-6-8-18(16)21-4/h5-11H,12H2,1-4H3. The normalized spacial score (nSPS) is 10.3. The number of likely N-dealkylation sites (N-methyl/N-ethyl adjacent to an activating group) is 1. The van der Waals surface area contributed by atoms with E-state index in [0.29, 0.717) is 6.54 Å². The molecule has 0 amide bonds. The van der Waals surface area contributed by atoms with Crippen LogP contribution in [-0.4, -0.2) is 26.5 Å². The van der Waals surface area contributed by atoms with Gasteiger partial charge in [0.05, 0.1) is 19.3 Å². The number of ether oxygens (including phenoxy) is 1. The van der Waals surface area contributed by atoms with Crippen molar-refractivity contribution >= 4 is 11.5 Å². The molecule has 2 aromatic carbocycles. The minimum Gasteiger partial charge on any atom is -0.495 e. The van der Waals surface area contributed by atoms with E-state index in [0.717, 1.165) is 22.6 Å². The minimum atomic E-state index is 0.103. The van der Waals surface area contributed by atoms with E-state index < -0.39 is 0 Å². The Labute approximate surface area is 126 Å². The summed E-state index contributed by atoms with van der Waals surface area (Å²) in [7, 11) is 3.54. The van der Waals surface area contributed by atoms with E-state index in [9.17, 15) is 4.79 Å². The lowest BCUT2D eigenvalue weighted by Gasteiger charge is -2.21.